The number of hydrogen-bond donors (Lipinski definition) is 0. The van der Waals surface area contributed by atoms with Crippen LogP contribution in [0, 0.1) is 18.3 Å². The molecule has 0 radical (unpaired) electrons. The molecular weight excluding hydrogens is 374 g/mol. The highest BCUT2D eigenvalue weighted by Gasteiger charge is 2.54. The number of likely N-dealkylation sites (tertiary alicyclic amines) is 2. The van der Waals surface area contributed by atoms with E-state index >= 15 is 0 Å². The summed E-state index contributed by atoms with van der Waals surface area (Å²) in [4.78, 5) is 40.3. The maximum atomic E-state index is 13.0. The van der Waals surface area contributed by atoms with Gasteiger partial charge in [0.15, 0.2) is 0 Å². The highest BCUT2D eigenvalue weighted by molar-refractivity contribution is 7.08. The molecule has 2 amide bonds. The summed E-state index contributed by atoms with van der Waals surface area (Å²) >= 11 is 1.54. The van der Waals surface area contributed by atoms with Crippen LogP contribution >= 0.6 is 11.3 Å². The van der Waals surface area contributed by atoms with Crippen LogP contribution in [0.1, 0.15) is 26.5 Å². The van der Waals surface area contributed by atoms with Crippen molar-refractivity contribution in [2.75, 3.05) is 46.8 Å². The molecule has 2 atom stereocenters. The molecule has 2 aliphatic heterocycles. The van der Waals surface area contributed by atoms with E-state index in [1.54, 1.807) is 12.4 Å². The van der Waals surface area contributed by atoms with Crippen LogP contribution in [0.5, 0.6) is 0 Å². The van der Waals surface area contributed by atoms with E-state index in [1.807, 2.05) is 47.6 Å². The molecule has 2 aromatic rings. The molecule has 148 valence electrons. The summed E-state index contributed by atoms with van der Waals surface area (Å²) in [6.07, 6.45) is 3.18. The molecule has 0 aromatic carbocycles. The van der Waals surface area contributed by atoms with E-state index in [2.05, 4.69) is 14.9 Å². The van der Waals surface area contributed by atoms with Crippen molar-refractivity contribution in [3.05, 3.63) is 46.2 Å². The molecule has 4 heterocycles. The van der Waals surface area contributed by atoms with Gasteiger partial charge in [-0.15, -0.1) is 0 Å². The van der Waals surface area contributed by atoms with E-state index in [9.17, 15) is 9.59 Å². The fourth-order valence-electron chi connectivity index (χ4n) is 4.58. The van der Waals surface area contributed by atoms with E-state index in [-0.39, 0.29) is 23.1 Å². The van der Waals surface area contributed by atoms with Crippen LogP contribution in [0.4, 0.5) is 0 Å². The van der Waals surface area contributed by atoms with Crippen molar-refractivity contribution in [2.45, 2.75) is 6.92 Å². The Hall–Kier alpha value is -2.32. The molecule has 0 spiro atoms. The Kier molecular flexibility index (Phi) is 4.93. The number of amides is 2. The van der Waals surface area contributed by atoms with Gasteiger partial charge in [-0.05, 0) is 32.5 Å². The van der Waals surface area contributed by atoms with E-state index in [0.717, 1.165) is 17.8 Å². The summed E-state index contributed by atoms with van der Waals surface area (Å²) < 4.78 is 0. The third-order valence-corrected chi connectivity index (χ3v) is 6.42. The number of aryl methyl sites for hydroxylation is 1. The molecular formula is C20H25N5O2S. The molecule has 8 heteroatoms. The number of nitrogens with zero attached hydrogens (tertiary/aromatic N) is 5. The number of aromatic nitrogens is 2. The van der Waals surface area contributed by atoms with Crippen molar-refractivity contribution in [1.29, 1.82) is 0 Å². The predicted octanol–water partition coefficient (Wildman–Crippen LogP) is 1.62. The second-order valence-corrected chi connectivity index (χ2v) is 9.00. The minimum atomic E-state index is -0.108. The Bertz CT molecular complexity index is 867. The number of fused-ring (bicyclic) bond motifs is 1. The predicted molar refractivity (Wildman–Crippen MR) is 107 cm³/mol. The molecule has 7 nitrogen and oxygen atoms in total. The van der Waals surface area contributed by atoms with Crippen LogP contribution in [0.25, 0.3) is 0 Å². The van der Waals surface area contributed by atoms with Crippen molar-refractivity contribution in [1.82, 2.24) is 24.7 Å². The van der Waals surface area contributed by atoms with E-state index < -0.39 is 0 Å². The van der Waals surface area contributed by atoms with Crippen molar-refractivity contribution in [3.63, 3.8) is 0 Å². The third-order valence-electron chi connectivity index (χ3n) is 5.73. The van der Waals surface area contributed by atoms with Crippen LogP contribution in [-0.4, -0.2) is 83.3 Å². The Morgan fingerprint density at radius 3 is 2.46 bits per heavy atom. The SMILES string of the molecule is Cc1cnc(C(=O)N2CC3CN(C(=O)c4ccsc4)CC3(CN(C)C)C2)cn1. The zero-order valence-corrected chi connectivity index (χ0v) is 17.3. The van der Waals surface area contributed by atoms with Crippen LogP contribution in [-0.2, 0) is 0 Å². The molecule has 0 bridgehead atoms. The van der Waals surface area contributed by atoms with E-state index in [1.165, 1.54) is 11.3 Å². The van der Waals surface area contributed by atoms with Crippen LogP contribution in [0.3, 0.4) is 0 Å². The normalized spacial score (nSPS) is 24.1. The quantitative estimate of drug-likeness (QED) is 0.782. The monoisotopic (exact) mass is 399 g/mol. The van der Waals surface area contributed by atoms with Crippen LogP contribution < -0.4 is 0 Å². The minimum Gasteiger partial charge on any atom is -0.338 e. The molecule has 0 aliphatic carbocycles. The summed E-state index contributed by atoms with van der Waals surface area (Å²) in [7, 11) is 4.09. The first kappa shape index (κ1) is 19.0. The lowest BCUT2D eigenvalue weighted by molar-refractivity contribution is 0.0698. The van der Waals surface area contributed by atoms with Crippen LogP contribution in [0.15, 0.2) is 29.2 Å². The summed E-state index contributed by atoms with van der Waals surface area (Å²) in [5.74, 6) is 0.284. The zero-order chi connectivity index (χ0) is 19.9. The summed E-state index contributed by atoms with van der Waals surface area (Å²) in [5.41, 5.74) is 1.83. The minimum absolute atomic E-state index is 0.0734. The van der Waals surface area contributed by atoms with Gasteiger partial charge < -0.3 is 14.7 Å². The Balaban J connectivity index is 1.53. The van der Waals surface area contributed by atoms with E-state index in [4.69, 9.17) is 0 Å². The van der Waals surface area contributed by atoms with Gasteiger partial charge in [-0.3, -0.25) is 14.6 Å². The second-order valence-electron chi connectivity index (χ2n) is 8.22. The highest BCUT2D eigenvalue weighted by Crippen LogP contribution is 2.43. The Labute approximate surface area is 169 Å². The topological polar surface area (TPSA) is 69.6 Å². The van der Waals surface area contributed by atoms with Crippen molar-refractivity contribution in [3.8, 4) is 0 Å². The molecule has 2 saturated heterocycles. The summed E-state index contributed by atoms with van der Waals surface area (Å²) in [5, 5.41) is 3.84. The van der Waals surface area contributed by atoms with Gasteiger partial charge in [0.2, 0.25) is 0 Å². The number of rotatable bonds is 4. The van der Waals surface area contributed by atoms with E-state index in [0.29, 0.717) is 31.9 Å². The van der Waals surface area contributed by atoms with Crippen molar-refractivity contribution < 1.29 is 9.59 Å². The highest BCUT2D eigenvalue weighted by atomic mass is 32.1. The maximum absolute atomic E-state index is 13.0. The number of carbonyl (C=O) groups excluding carboxylic acids is 2. The average molecular weight is 400 g/mol. The lowest BCUT2D eigenvalue weighted by atomic mass is 9.80. The van der Waals surface area contributed by atoms with Crippen molar-refractivity contribution in [2.24, 2.45) is 11.3 Å². The fraction of sp³-hybridized carbons (Fsp3) is 0.500. The van der Waals surface area contributed by atoms with Gasteiger partial charge in [0.25, 0.3) is 11.8 Å². The average Bonchev–Trinajstić information content (AvgIpc) is 3.35. The smallest absolute Gasteiger partial charge is 0.274 e. The molecule has 4 rings (SSSR count). The van der Waals surface area contributed by atoms with Gasteiger partial charge in [-0.25, -0.2) is 4.98 Å². The van der Waals surface area contributed by atoms with Crippen LogP contribution in [0.2, 0.25) is 0 Å². The number of hydrogen-bond acceptors (Lipinski definition) is 6. The standard InChI is InChI=1S/C20H25N5O2S/c1-14-6-22-17(7-21-14)19(27)25-9-16-8-24(18(26)15-4-5-28-10-15)12-20(16,13-25)11-23(2)3/h4-7,10,16H,8-9,11-13H2,1-3H3. The molecule has 2 aliphatic rings. The van der Waals surface area contributed by atoms with Crippen molar-refractivity contribution >= 4 is 23.2 Å². The Morgan fingerprint density at radius 1 is 1.18 bits per heavy atom. The number of carbonyl (C=O) groups is 2. The lowest BCUT2D eigenvalue weighted by Crippen LogP contribution is -2.43. The third kappa shape index (κ3) is 3.42. The first-order valence-corrected chi connectivity index (χ1v) is 10.4. The maximum Gasteiger partial charge on any atom is 0.274 e. The summed E-state index contributed by atoms with van der Waals surface area (Å²) in [6.45, 7) is 5.34. The largest absolute Gasteiger partial charge is 0.338 e. The molecule has 28 heavy (non-hydrogen) atoms. The van der Waals surface area contributed by atoms with Gasteiger partial charge >= 0.3 is 0 Å². The zero-order valence-electron chi connectivity index (χ0n) is 16.5. The first-order chi connectivity index (χ1) is 13.4. The van der Waals surface area contributed by atoms with Gasteiger partial charge in [-0.2, -0.15) is 11.3 Å². The molecule has 2 fully saturated rings. The van der Waals surface area contributed by atoms with Gasteiger partial charge in [0, 0.05) is 55.6 Å². The molecule has 0 saturated carbocycles. The molecule has 0 N–H and O–H groups in total. The number of thiophene rings is 1. The first-order valence-electron chi connectivity index (χ1n) is 9.42. The summed E-state index contributed by atoms with van der Waals surface area (Å²) in [6, 6.07) is 1.88. The van der Waals surface area contributed by atoms with Gasteiger partial charge in [0.05, 0.1) is 17.5 Å². The van der Waals surface area contributed by atoms with Gasteiger partial charge in [0.1, 0.15) is 5.69 Å². The molecule has 2 unspecified atom stereocenters. The van der Waals surface area contributed by atoms with Gasteiger partial charge in [-0.1, -0.05) is 0 Å². The fourth-order valence-corrected chi connectivity index (χ4v) is 5.21. The second kappa shape index (κ2) is 7.25. The lowest BCUT2D eigenvalue weighted by Gasteiger charge is -2.32. The Morgan fingerprint density at radius 2 is 1.89 bits per heavy atom. The molecule has 2 aromatic heterocycles.